The number of rotatable bonds is 2. The van der Waals surface area contributed by atoms with Gasteiger partial charge in [0.1, 0.15) is 0 Å². The van der Waals surface area contributed by atoms with E-state index in [-0.39, 0.29) is 0 Å². The normalized spacial score (nSPS) is 21.6. The Morgan fingerprint density at radius 2 is 2.00 bits per heavy atom. The molecule has 0 radical (unpaired) electrons. The number of para-hydroxylation sites is 1. The van der Waals surface area contributed by atoms with Gasteiger partial charge in [0.25, 0.3) is 0 Å². The van der Waals surface area contributed by atoms with Gasteiger partial charge in [-0.3, -0.25) is 0 Å². The minimum atomic E-state index is 0.352. The van der Waals surface area contributed by atoms with E-state index in [1.807, 2.05) is 23.5 Å². The highest BCUT2D eigenvalue weighted by Gasteiger charge is 2.36. The van der Waals surface area contributed by atoms with Gasteiger partial charge in [0, 0.05) is 21.4 Å². The van der Waals surface area contributed by atoms with Crippen LogP contribution >= 0.6 is 11.3 Å². The van der Waals surface area contributed by atoms with E-state index in [0.717, 1.165) is 0 Å². The van der Waals surface area contributed by atoms with Crippen LogP contribution in [0, 0.1) is 0 Å². The second-order valence-electron chi connectivity index (χ2n) is 5.16. The van der Waals surface area contributed by atoms with Gasteiger partial charge in [-0.1, -0.05) is 55.7 Å². The molecule has 1 aromatic heterocycles. The lowest BCUT2D eigenvalue weighted by molar-refractivity contribution is 0.741. The van der Waals surface area contributed by atoms with Crippen LogP contribution in [0.2, 0.25) is 0 Å². The number of nitrogens with one attached hydrogen (secondary N) is 1. The smallest absolute Gasteiger partial charge is 0.0717 e. The molecule has 2 aromatic rings. The van der Waals surface area contributed by atoms with Crippen LogP contribution in [0.25, 0.3) is 18.2 Å². The molecule has 1 N–H and O–H groups in total. The van der Waals surface area contributed by atoms with Gasteiger partial charge in [0.2, 0.25) is 0 Å². The average molecular weight is 277 g/mol. The SMILES string of the molecule is C=Cc1sc2c(c1C=C)C=CC1c3ccccc3NC21. The zero-order chi connectivity index (χ0) is 13.7. The molecule has 0 saturated carbocycles. The first-order chi connectivity index (χ1) is 9.83. The minimum absolute atomic E-state index is 0.352. The molecule has 0 fully saturated rings. The Morgan fingerprint density at radius 3 is 2.80 bits per heavy atom. The molecular weight excluding hydrogens is 262 g/mol. The standard InChI is InChI=1S/C18H15NS/c1-3-11-14-10-9-13-12-7-5-6-8-15(12)19-17(13)18(14)20-16(11)4-2/h3-10,13,17,19H,1-2H2. The maximum absolute atomic E-state index is 3.95. The summed E-state index contributed by atoms with van der Waals surface area (Å²) in [5.74, 6) is 0.438. The molecular formula is C18H15NS. The van der Waals surface area contributed by atoms with Gasteiger partial charge in [0.05, 0.1) is 6.04 Å². The second kappa shape index (κ2) is 4.22. The van der Waals surface area contributed by atoms with Crippen LogP contribution in [0.15, 0.2) is 43.5 Å². The zero-order valence-corrected chi connectivity index (χ0v) is 11.9. The van der Waals surface area contributed by atoms with Crippen molar-refractivity contribution in [3.8, 4) is 0 Å². The number of hydrogen-bond donors (Lipinski definition) is 1. The molecule has 0 saturated heterocycles. The first-order valence-corrected chi connectivity index (χ1v) is 7.60. The molecule has 2 heteroatoms. The fourth-order valence-electron chi connectivity index (χ4n) is 3.26. The van der Waals surface area contributed by atoms with Gasteiger partial charge >= 0.3 is 0 Å². The zero-order valence-electron chi connectivity index (χ0n) is 11.1. The fourth-order valence-corrected chi connectivity index (χ4v) is 4.50. The maximum atomic E-state index is 3.95. The Kier molecular flexibility index (Phi) is 2.48. The van der Waals surface area contributed by atoms with Crippen molar-refractivity contribution in [3.05, 3.63) is 69.9 Å². The highest BCUT2D eigenvalue weighted by molar-refractivity contribution is 7.13. The molecule has 0 amide bonds. The van der Waals surface area contributed by atoms with Crippen LogP contribution in [0.1, 0.15) is 38.4 Å². The van der Waals surface area contributed by atoms with Crippen molar-refractivity contribution >= 4 is 35.3 Å². The lowest BCUT2D eigenvalue weighted by atomic mass is 9.87. The van der Waals surface area contributed by atoms with E-state index in [4.69, 9.17) is 0 Å². The number of hydrogen-bond acceptors (Lipinski definition) is 2. The minimum Gasteiger partial charge on any atom is -0.376 e. The Labute approximate surface area is 123 Å². The van der Waals surface area contributed by atoms with E-state index in [9.17, 15) is 0 Å². The first kappa shape index (κ1) is 11.7. The molecule has 1 aliphatic carbocycles. The summed E-state index contributed by atoms with van der Waals surface area (Å²) in [6.45, 7) is 7.88. The molecule has 0 bridgehead atoms. The Hall–Kier alpha value is -2.06. The molecule has 98 valence electrons. The summed E-state index contributed by atoms with van der Waals surface area (Å²) in [7, 11) is 0. The van der Waals surface area contributed by atoms with Crippen molar-refractivity contribution < 1.29 is 0 Å². The van der Waals surface area contributed by atoms with Gasteiger partial charge in [-0.25, -0.2) is 0 Å². The predicted octanol–water partition coefficient (Wildman–Crippen LogP) is 5.31. The molecule has 2 atom stereocenters. The Bertz CT molecular complexity index is 751. The Balaban J connectivity index is 1.89. The molecule has 2 heterocycles. The van der Waals surface area contributed by atoms with Gasteiger partial charge in [-0.2, -0.15) is 0 Å². The summed E-state index contributed by atoms with van der Waals surface area (Å²) in [4.78, 5) is 2.62. The highest BCUT2D eigenvalue weighted by Crippen LogP contribution is 2.51. The molecule has 2 aliphatic rings. The third-order valence-corrected chi connectivity index (χ3v) is 5.47. The van der Waals surface area contributed by atoms with E-state index < -0.39 is 0 Å². The van der Waals surface area contributed by atoms with Crippen LogP contribution in [0.4, 0.5) is 5.69 Å². The van der Waals surface area contributed by atoms with Crippen LogP contribution in [-0.4, -0.2) is 0 Å². The summed E-state index contributed by atoms with van der Waals surface area (Å²) in [5.41, 5.74) is 5.18. The molecule has 1 aliphatic heterocycles. The van der Waals surface area contributed by atoms with Crippen LogP contribution in [0.5, 0.6) is 0 Å². The molecule has 4 rings (SSSR count). The van der Waals surface area contributed by atoms with Crippen LogP contribution in [-0.2, 0) is 0 Å². The van der Waals surface area contributed by atoms with Crippen molar-refractivity contribution in [2.24, 2.45) is 0 Å². The second-order valence-corrected chi connectivity index (χ2v) is 6.24. The topological polar surface area (TPSA) is 12.0 Å². The van der Waals surface area contributed by atoms with E-state index in [1.54, 1.807) is 0 Å². The predicted molar refractivity (Wildman–Crippen MR) is 89.1 cm³/mol. The van der Waals surface area contributed by atoms with Gasteiger partial charge in [0.15, 0.2) is 0 Å². The highest BCUT2D eigenvalue weighted by atomic mass is 32.1. The number of fused-ring (bicyclic) bond motifs is 5. The third kappa shape index (κ3) is 1.43. The van der Waals surface area contributed by atoms with Crippen molar-refractivity contribution in [1.82, 2.24) is 0 Å². The summed E-state index contributed by atoms with van der Waals surface area (Å²) in [5, 5.41) is 3.67. The average Bonchev–Trinajstić information content (AvgIpc) is 3.04. The fraction of sp³-hybridized carbons (Fsp3) is 0.111. The summed E-state index contributed by atoms with van der Waals surface area (Å²) < 4.78 is 0. The van der Waals surface area contributed by atoms with E-state index in [0.29, 0.717) is 12.0 Å². The lowest BCUT2D eigenvalue weighted by Crippen LogP contribution is -2.12. The van der Waals surface area contributed by atoms with E-state index >= 15 is 0 Å². The first-order valence-electron chi connectivity index (χ1n) is 6.78. The summed E-state index contributed by atoms with van der Waals surface area (Å²) in [6, 6.07) is 8.94. The van der Waals surface area contributed by atoms with Crippen LogP contribution < -0.4 is 5.32 Å². The van der Waals surface area contributed by atoms with Crippen molar-refractivity contribution in [2.45, 2.75) is 12.0 Å². The number of thiophene rings is 1. The molecule has 2 unspecified atom stereocenters. The number of benzene rings is 1. The molecule has 20 heavy (non-hydrogen) atoms. The number of anilines is 1. The van der Waals surface area contributed by atoms with Gasteiger partial charge in [-0.15, -0.1) is 11.3 Å². The van der Waals surface area contributed by atoms with Crippen LogP contribution in [0.3, 0.4) is 0 Å². The lowest BCUT2D eigenvalue weighted by Gasteiger charge is -2.21. The van der Waals surface area contributed by atoms with Crippen molar-refractivity contribution in [1.29, 1.82) is 0 Å². The largest absolute Gasteiger partial charge is 0.376 e. The molecule has 1 aromatic carbocycles. The quantitative estimate of drug-likeness (QED) is 0.784. The van der Waals surface area contributed by atoms with Gasteiger partial charge in [-0.05, 0) is 22.8 Å². The summed E-state index contributed by atoms with van der Waals surface area (Å²) in [6.07, 6.45) is 8.45. The molecule has 0 spiro atoms. The maximum Gasteiger partial charge on any atom is 0.0717 e. The third-order valence-electron chi connectivity index (χ3n) is 4.17. The van der Waals surface area contributed by atoms with E-state index in [1.165, 1.54) is 32.1 Å². The summed E-state index contributed by atoms with van der Waals surface area (Å²) >= 11 is 1.83. The van der Waals surface area contributed by atoms with Crippen molar-refractivity contribution in [3.63, 3.8) is 0 Å². The van der Waals surface area contributed by atoms with E-state index in [2.05, 4.69) is 54.9 Å². The van der Waals surface area contributed by atoms with Gasteiger partial charge < -0.3 is 5.32 Å². The molecule has 1 nitrogen and oxygen atoms in total. The monoisotopic (exact) mass is 277 g/mol. The van der Waals surface area contributed by atoms with Crippen molar-refractivity contribution in [2.75, 3.05) is 5.32 Å². The Morgan fingerprint density at radius 1 is 1.15 bits per heavy atom.